The van der Waals surface area contributed by atoms with Crippen LogP contribution in [0.5, 0.6) is 11.5 Å². The lowest BCUT2D eigenvalue weighted by Gasteiger charge is -2.13. The Labute approximate surface area is 164 Å². The number of rotatable bonds is 6. The molecule has 27 heavy (non-hydrogen) atoms. The molecule has 7 nitrogen and oxygen atoms in total. The van der Waals surface area contributed by atoms with Gasteiger partial charge in [0.2, 0.25) is 0 Å². The van der Waals surface area contributed by atoms with Crippen LogP contribution in [0.1, 0.15) is 35.3 Å². The van der Waals surface area contributed by atoms with E-state index < -0.39 is 10.8 Å². The number of amides is 1. The molecule has 1 aliphatic heterocycles. The average molecular weight is 435 g/mol. The Morgan fingerprint density at radius 1 is 1.41 bits per heavy atom. The first kappa shape index (κ1) is 19.2. The van der Waals surface area contributed by atoms with E-state index in [1.54, 1.807) is 0 Å². The Bertz CT molecular complexity index is 900. The van der Waals surface area contributed by atoms with Crippen molar-refractivity contribution in [2.24, 2.45) is 0 Å². The van der Waals surface area contributed by atoms with Gasteiger partial charge in [0, 0.05) is 35.7 Å². The molecule has 142 valence electrons. The second kappa shape index (κ2) is 7.96. The van der Waals surface area contributed by atoms with Gasteiger partial charge in [0.15, 0.2) is 0 Å². The number of carbonyl (C=O) groups excluding carboxylic acids is 1. The maximum Gasteiger partial charge on any atom is 0.284 e. The number of nitrogens with zero attached hydrogens (tertiary/aromatic N) is 1. The molecule has 0 saturated carbocycles. The molecule has 0 radical (unpaired) electrons. The largest absolute Gasteiger partial charge is 0.494 e. The fourth-order valence-corrected chi connectivity index (χ4v) is 3.37. The van der Waals surface area contributed by atoms with Crippen LogP contribution in [0.2, 0.25) is 0 Å². The van der Waals surface area contributed by atoms with E-state index in [1.165, 1.54) is 18.2 Å². The molecule has 2 aromatic rings. The molecule has 1 amide bonds. The second-order valence-electron chi connectivity index (χ2n) is 6.24. The number of carbonyl (C=O) groups is 1. The summed E-state index contributed by atoms with van der Waals surface area (Å²) in [7, 11) is 0. The van der Waals surface area contributed by atoms with E-state index in [0.717, 1.165) is 23.3 Å². The summed E-state index contributed by atoms with van der Waals surface area (Å²) in [4.78, 5) is 22.9. The maximum absolute atomic E-state index is 12.4. The average Bonchev–Trinajstić information content (AvgIpc) is 2.98. The second-order valence-corrected chi connectivity index (χ2v) is 7.09. The van der Waals surface area contributed by atoms with E-state index in [9.17, 15) is 14.9 Å². The number of nitrogens with one attached hydrogen (secondary N) is 1. The Morgan fingerprint density at radius 3 is 2.89 bits per heavy atom. The van der Waals surface area contributed by atoms with Gasteiger partial charge in [-0.15, -0.1) is 0 Å². The fraction of sp³-hybridized carbons (Fsp3) is 0.316. The van der Waals surface area contributed by atoms with Gasteiger partial charge in [-0.1, -0.05) is 0 Å². The van der Waals surface area contributed by atoms with Crippen LogP contribution >= 0.6 is 15.9 Å². The molecule has 2 aromatic carbocycles. The lowest BCUT2D eigenvalue weighted by Crippen LogP contribution is -2.23. The van der Waals surface area contributed by atoms with E-state index in [2.05, 4.69) is 21.2 Å². The molecule has 0 spiro atoms. The van der Waals surface area contributed by atoms with Gasteiger partial charge >= 0.3 is 0 Å². The van der Waals surface area contributed by atoms with Crippen molar-refractivity contribution in [1.29, 1.82) is 0 Å². The molecule has 1 heterocycles. The van der Waals surface area contributed by atoms with Gasteiger partial charge in [-0.25, -0.2) is 0 Å². The smallest absolute Gasteiger partial charge is 0.284 e. The molecule has 0 aliphatic carbocycles. The van der Waals surface area contributed by atoms with Crippen LogP contribution in [0, 0.1) is 10.1 Å². The number of benzene rings is 2. The number of hydrogen-bond acceptors (Lipinski definition) is 5. The molecular weight excluding hydrogens is 416 g/mol. The Morgan fingerprint density at radius 2 is 2.19 bits per heavy atom. The zero-order valence-electron chi connectivity index (χ0n) is 15.0. The van der Waals surface area contributed by atoms with Crippen molar-refractivity contribution in [3.05, 3.63) is 61.6 Å². The summed E-state index contributed by atoms with van der Waals surface area (Å²) in [5.41, 5.74) is 1.95. The van der Waals surface area contributed by atoms with Crippen molar-refractivity contribution in [1.82, 2.24) is 5.32 Å². The van der Waals surface area contributed by atoms with Gasteiger partial charge in [0.05, 0.1) is 16.0 Å². The minimum Gasteiger partial charge on any atom is -0.494 e. The molecule has 0 bridgehead atoms. The summed E-state index contributed by atoms with van der Waals surface area (Å²) in [5, 5.41) is 13.8. The lowest BCUT2D eigenvalue weighted by molar-refractivity contribution is -0.385. The molecule has 1 atom stereocenters. The number of nitro groups is 1. The number of fused-ring (bicyclic) bond motifs is 1. The molecule has 1 unspecified atom stereocenters. The van der Waals surface area contributed by atoms with Crippen molar-refractivity contribution in [2.75, 3.05) is 6.61 Å². The van der Waals surface area contributed by atoms with Gasteiger partial charge < -0.3 is 14.8 Å². The van der Waals surface area contributed by atoms with Gasteiger partial charge in [-0.2, -0.15) is 0 Å². The van der Waals surface area contributed by atoms with E-state index in [-0.39, 0.29) is 23.9 Å². The predicted octanol–water partition coefficient (Wildman–Crippen LogP) is 4.01. The third kappa shape index (κ3) is 4.21. The van der Waals surface area contributed by atoms with Gasteiger partial charge in [0.25, 0.3) is 11.6 Å². The highest BCUT2D eigenvalue weighted by atomic mass is 79.9. The lowest BCUT2D eigenvalue weighted by atomic mass is 10.1. The van der Waals surface area contributed by atoms with Crippen LogP contribution < -0.4 is 14.8 Å². The molecule has 0 aromatic heterocycles. The highest BCUT2D eigenvalue weighted by Crippen LogP contribution is 2.35. The molecular formula is C19H19BrN2O5. The quantitative estimate of drug-likeness (QED) is 0.547. The third-order valence-electron chi connectivity index (χ3n) is 4.22. The zero-order valence-corrected chi connectivity index (χ0v) is 16.5. The zero-order chi connectivity index (χ0) is 19.6. The molecule has 0 saturated heterocycles. The van der Waals surface area contributed by atoms with Gasteiger partial charge in [0.1, 0.15) is 17.6 Å². The normalized spacial score (nSPS) is 15.0. The van der Waals surface area contributed by atoms with Crippen LogP contribution in [0.4, 0.5) is 5.69 Å². The van der Waals surface area contributed by atoms with Crippen LogP contribution in [0.3, 0.4) is 0 Å². The van der Waals surface area contributed by atoms with Gasteiger partial charge in [-0.3, -0.25) is 14.9 Å². The highest BCUT2D eigenvalue weighted by molar-refractivity contribution is 9.10. The van der Waals surface area contributed by atoms with Crippen LogP contribution in [0.15, 0.2) is 34.8 Å². The standard InChI is InChI=1S/C19H19BrN2O5/c1-3-26-17-8-13-6-11(2)27-18(13)9-14(17)10-21-19(23)12-4-5-15(20)16(7-12)22(24)25/h4-5,7-9,11H,3,6,10H2,1-2H3,(H,21,23). The number of ether oxygens (including phenoxy) is 2. The highest BCUT2D eigenvalue weighted by Gasteiger charge is 2.22. The Kier molecular flexibility index (Phi) is 5.65. The third-order valence-corrected chi connectivity index (χ3v) is 4.89. The first-order chi connectivity index (χ1) is 12.9. The number of halogens is 1. The first-order valence-corrected chi connectivity index (χ1v) is 9.35. The summed E-state index contributed by atoms with van der Waals surface area (Å²) in [6.07, 6.45) is 0.938. The van der Waals surface area contributed by atoms with Crippen molar-refractivity contribution < 1.29 is 19.2 Å². The maximum atomic E-state index is 12.4. The minimum atomic E-state index is -0.535. The summed E-state index contributed by atoms with van der Waals surface area (Å²) < 4.78 is 11.8. The molecule has 8 heteroatoms. The van der Waals surface area contributed by atoms with E-state index >= 15 is 0 Å². The summed E-state index contributed by atoms with van der Waals surface area (Å²) in [6.45, 7) is 4.63. The van der Waals surface area contributed by atoms with Crippen LogP contribution in [0.25, 0.3) is 0 Å². The van der Waals surface area contributed by atoms with Crippen molar-refractivity contribution in [2.45, 2.75) is 32.9 Å². The van der Waals surface area contributed by atoms with E-state index in [4.69, 9.17) is 9.47 Å². The van der Waals surface area contributed by atoms with Crippen LogP contribution in [-0.4, -0.2) is 23.5 Å². The number of nitro benzene ring substituents is 1. The molecule has 3 rings (SSSR count). The summed E-state index contributed by atoms with van der Waals surface area (Å²) in [5.74, 6) is 1.10. The molecule has 1 N–H and O–H groups in total. The topological polar surface area (TPSA) is 90.7 Å². The molecule has 1 aliphatic rings. The first-order valence-electron chi connectivity index (χ1n) is 8.56. The minimum absolute atomic E-state index is 0.114. The Hall–Kier alpha value is -2.61. The summed E-state index contributed by atoms with van der Waals surface area (Å²) >= 11 is 3.11. The van der Waals surface area contributed by atoms with Crippen molar-refractivity contribution in [3.8, 4) is 11.5 Å². The van der Waals surface area contributed by atoms with Crippen LogP contribution in [-0.2, 0) is 13.0 Å². The molecule has 0 fully saturated rings. The van der Waals surface area contributed by atoms with E-state index in [1.807, 2.05) is 26.0 Å². The van der Waals surface area contributed by atoms with Gasteiger partial charge in [-0.05, 0) is 54.0 Å². The predicted molar refractivity (Wildman–Crippen MR) is 103 cm³/mol. The summed E-state index contributed by atoms with van der Waals surface area (Å²) in [6, 6.07) is 8.10. The number of hydrogen-bond donors (Lipinski definition) is 1. The van der Waals surface area contributed by atoms with E-state index in [0.29, 0.717) is 16.8 Å². The van der Waals surface area contributed by atoms with Crippen molar-refractivity contribution >= 4 is 27.5 Å². The van der Waals surface area contributed by atoms with Crippen molar-refractivity contribution in [3.63, 3.8) is 0 Å². The Balaban J connectivity index is 1.78. The SMILES string of the molecule is CCOc1cc2c(cc1CNC(=O)c1ccc(Br)c([N+](=O)[O-])c1)OC(C)C2. The fourth-order valence-electron chi connectivity index (χ4n) is 2.98. The monoisotopic (exact) mass is 434 g/mol.